The summed E-state index contributed by atoms with van der Waals surface area (Å²) in [5, 5.41) is 16.4. The Bertz CT molecular complexity index is 743. The first-order chi connectivity index (χ1) is 11.3. The average Bonchev–Trinajstić information content (AvgIpc) is 2.63. The van der Waals surface area contributed by atoms with Crippen LogP contribution >= 0.6 is 0 Å². The third-order valence-corrected chi connectivity index (χ3v) is 2.72. The minimum Gasteiger partial charge on any atom is -0.206 e. The van der Waals surface area contributed by atoms with E-state index in [9.17, 15) is 0 Å². The van der Waals surface area contributed by atoms with Gasteiger partial charge in [0.2, 0.25) is 0 Å². The summed E-state index contributed by atoms with van der Waals surface area (Å²) in [5.74, 6) is 0.810. The fraction of sp³-hybridized carbons (Fsp3) is 0.0556. The summed E-state index contributed by atoms with van der Waals surface area (Å²) in [5.41, 5.74) is 1.50. The van der Waals surface area contributed by atoms with Crippen molar-refractivity contribution in [2.45, 2.75) is 6.92 Å². The predicted octanol–water partition coefficient (Wildman–Crippen LogP) is 6.00. The molecule has 0 unspecified atom stereocenters. The molecule has 0 aliphatic carbocycles. The highest BCUT2D eigenvalue weighted by atomic mass is 15.2. The van der Waals surface area contributed by atoms with E-state index in [1.165, 1.54) is 6.08 Å². The molecule has 0 aliphatic heterocycles. The van der Waals surface area contributed by atoms with Crippen LogP contribution in [0.4, 0.5) is 11.4 Å². The Balaban J connectivity index is 2.13. The maximum Gasteiger partial charge on any atom is 0.176 e. The largest absolute Gasteiger partial charge is 0.206 e. The van der Waals surface area contributed by atoms with Gasteiger partial charge in [-0.2, -0.15) is 0 Å². The predicted molar refractivity (Wildman–Crippen MR) is 93.3 cm³/mol. The first kappa shape index (κ1) is 16.2. The molecule has 0 spiro atoms. The highest BCUT2D eigenvalue weighted by Crippen LogP contribution is 2.14. The van der Waals surface area contributed by atoms with Gasteiger partial charge in [0, 0.05) is 0 Å². The summed E-state index contributed by atoms with van der Waals surface area (Å²) in [4.78, 5) is 4.28. The number of rotatable bonds is 5. The number of nitrogens with zero attached hydrogens (tertiary/aromatic N) is 5. The summed E-state index contributed by atoms with van der Waals surface area (Å²) in [7, 11) is 0. The van der Waals surface area contributed by atoms with E-state index in [-0.39, 0.29) is 0 Å². The van der Waals surface area contributed by atoms with Gasteiger partial charge in [-0.25, -0.2) is 4.99 Å². The van der Waals surface area contributed by atoms with Crippen LogP contribution in [0.25, 0.3) is 0 Å². The van der Waals surface area contributed by atoms with E-state index in [0.717, 1.165) is 11.4 Å². The van der Waals surface area contributed by atoms with E-state index in [1.807, 2.05) is 67.6 Å². The fourth-order valence-corrected chi connectivity index (χ4v) is 1.58. The Kier molecular flexibility index (Phi) is 6.28. The zero-order chi connectivity index (χ0) is 16.3. The van der Waals surface area contributed by atoms with Gasteiger partial charge >= 0.3 is 0 Å². The normalized spacial score (nSPS) is 12.9. The second-order valence-corrected chi connectivity index (χ2v) is 4.39. The lowest BCUT2D eigenvalue weighted by Crippen LogP contribution is -1.87. The third kappa shape index (κ3) is 5.59. The summed E-state index contributed by atoms with van der Waals surface area (Å²) in [6, 6.07) is 18.9. The van der Waals surface area contributed by atoms with Crippen LogP contribution in [0.3, 0.4) is 0 Å². The Morgan fingerprint density at radius 1 is 0.826 bits per heavy atom. The number of amidine groups is 1. The average molecular weight is 303 g/mol. The molecule has 2 aromatic carbocycles. The van der Waals surface area contributed by atoms with Crippen LogP contribution in [-0.2, 0) is 0 Å². The van der Waals surface area contributed by atoms with Crippen molar-refractivity contribution < 1.29 is 0 Å². The van der Waals surface area contributed by atoms with Crippen molar-refractivity contribution in [2.24, 2.45) is 25.4 Å². The molecule has 5 heteroatoms. The highest BCUT2D eigenvalue weighted by molar-refractivity contribution is 5.93. The van der Waals surface area contributed by atoms with Crippen LogP contribution in [0.1, 0.15) is 6.92 Å². The number of hydrogen-bond acceptors (Lipinski definition) is 4. The van der Waals surface area contributed by atoms with Crippen molar-refractivity contribution in [2.75, 3.05) is 0 Å². The van der Waals surface area contributed by atoms with Crippen LogP contribution in [0, 0.1) is 0 Å². The molecule has 0 aromatic heterocycles. The van der Waals surface area contributed by atoms with Gasteiger partial charge in [-0.15, -0.1) is 20.5 Å². The van der Waals surface area contributed by atoms with Gasteiger partial charge in [-0.3, -0.25) is 0 Å². The van der Waals surface area contributed by atoms with Crippen molar-refractivity contribution in [3.05, 3.63) is 85.2 Å². The minimum atomic E-state index is 0.369. The highest BCUT2D eigenvalue weighted by Gasteiger charge is 1.95. The number of benzene rings is 2. The van der Waals surface area contributed by atoms with E-state index in [1.54, 1.807) is 6.08 Å². The standard InChI is InChI=1S/C18H17N5/c1-3-17(22-20-15-11-7-5-8-12-15)19-18(4-2)23-21-16-13-9-6-10-14-16/h3-14H,1H2,2H3/b18-4+,19-17?,22-20?,23-21?. The first-order valence-corrected chi connectivity index (χ1v) is 7.13. The van der Waals surface area contributed by atoms with Crippen LogP contribution in [0.2, 0.25) is 0 Å². The Morgan fingerprint density at radius 3 is 1.83 bits per heavy atom. The van der Waals surface area contributed by atoms with E-state index >= 15 is 0 Å². The molecule has 0 N–H and O–H groups in total. The number of azo groups is 2. The van der Waals surface area contributed by atoms with Crippen LogP contribution in [0.5, 0.6) is 0 Å². The van der Waals surface area contributed by atoms with Crippen LogP contribution < -0.4 is 0 Å². The molecule has 0 radical (unpaired) electrons. The molecule has 2 aromatic rings. The molecule has 0 saturated carbocycles. The second-order valence-electron chi connectivity index (χ2n) is 4.39. The van der Waals surface area contributed by atoms with Gasteiger partial charge < -0.3 is 0 Å². The minimum absolute atomic E-state index is 0.369. The summed E-state index contributed by atoms with van der Waals surface area (Å²) in [6.45, 7) is 5.53. The monoisotopic (exact) mass is 303 g/mol. The topological polar surface area (TPSA) is 61.8 Å². The van der Waals surface area contributed by atoms with Gasteiger partial charge in [0.25, 0.3) is 0 Å². The molecule has 0 fully saturated rings. The van der Waals surface area contributed by atoms with Crippen molar-refractivity contribution in [3.63, 3.8) is 0 Å². The molecule has 2 rings (SSSR count). The van der Waals surface area contributed by atoms with Crippen molar-refractivity contribution in [1.29, 1.82) is 0 Å². The van der Waals surface area contributed by atoms with Crippen molar-refractivity contribution in [3.8, 4) is 0 Å². The maximum absolute atomic E-state index is 4.28. The number of hydrogen-bond donors (Lipinski definition) is 0. The van der Waals surface area contributed by atoms with Crippen molar-refractivity contribution in [1.82, 2.24) is 0 Å². The maximum atomic E-state index is 4.28. The smallest absolute Gasteiger partial charge is 0.176 e. The zero-order valence-electron chi connectivity index (χ0n) is 12.9. The van der Waals surface area contributed by atoms with Crippen molar-refractivity contribution >= 4 is 17.2 Å². The Morgan fingerprint density at radius 2 is 1.35 bits per heavy atom. The van der Waals surface area contributed by atoms with Gasteiger partial charge in [0.05, 0.1) is 11.4 Å². The van der Waals surface area contributed by atoms with Gasteiger partial charge in [-0.05, 0) is 43.3 Å². The Labute approximate surface area is 135 Å². The lowest BCUT2D eigenvalue weighted by Gasteiger charge is -1.95. The lowest BCUT2D eigenvalue weighted by molar-refractivity contribution is 1.08. The number of aliphatic imine (C=N–C) groups is 1. The van der Waals surface area contributed by atoms with E-state index in [0.29, 0.717) is 11.7 Å². The van der Waals surface area contributed by atoms with Crippen LogP contribution in [-0.4, -0.2) is 5.84 Å². The second kappa shape index (κ2) is 8.94. The summed E-state index contributed by atoms with van der Waals surface area (Å²) >= 11 is 0. The molecular weight excluding hydrogens is 286 g/mol. The van der Waals surface area contributed by atoms with Gasteiger partial charge in [-0.1, -0.05) is 43.0 Å². The summed E-state index contributed by atoms with van der Waals surface area (Å²) in [6.07, 6.45) is 3.27. The van der Waals surface area contributed by atoms with Crippen LogP contribution in [0.15, 0.2) is 111 Å². The van der Waals surface area contributed by atoms with E-state index < -0.39 is 0 Å². The molecule has 0 bridgehead atoms. The van der Waals surface area contributed by atoms with E-state index in [4.69, 9.17) is 0 Å². The van der Waals surface area contributed by atoms with Gasteiger partial charge in [0.15, 0.2) is 11.7 Å². The molecule has 0 aliphatic rings. The molecule has 114 valence electrons. The molecule has 0 amide bonds. The third-order valence-electron chi connectivity index (χ3n) is 2.72. The molecule has 23 heavy (non-hydrogen) atoms. The number of allylic oxidation sites excluding steroid dienone is 1. The Hall–Kier alpha value is -3.21. The zero-order valence-corrected chi connectivity index (χ0v) is 12.9. The van der Waals surface area contributed by atoms with E-state index in [2.05, 4.69) is 32.0 Å². The fourth-order valence-electron chi connectivity index (χ4n) is 1.58. The first-order valence-electron chi connectivity index (χ1n) is 7.13. The lowest BCUT2D eigenvalue weighted by atomic mass is 10.3. The molecule has 0 heterocycles. The molecule has 5 nitrogen and oxygen atoms in total. The molecular formula is C18H17N5. The molecule has 0 atom stereocenters. The summed E-state index contributed by atoms with van der Waals surface area (Å²) < 4.78 is 0. The SMILES string of the molecule is C=CC(N=Nc1ccccc1)=N/C(=C\C)N=Nc1ccccc1. The van der Waals surface area contributed by atoms with Gasteiger partial charge in [0.1, 0.15) is 0 Å². The quantitative estimate of drug-likeness (QED) is 0.369. The molecule has 0 saturated heterocycles.